The van der Waals surface area contributed by atoms with Crippen LogP contribution in [0.3, 0.4) is 0 Å². The zero-order valence-electron chi connectivity index (χ0n) is 11.4. The van der Waals surface area contributed by atoms with Crippen LogP contribution in [0.4, 0.5) is 10.1 Å². The number of benzene rings is 1. The zero-order valence-corrected chi connectivity index (χ0v) is 13.0. The van der Waals surface area contributed by atoms with E-state index >= 15 is 0 Å². The third-order valence-electron chi connectivity index (χ3n) is 3.04. The first-order chi connectivity index (χ1) is 9.04. The van der Waals surface area contributed by atoms with Crippen molar-refractivity contribution in [3.05, 3.63) is 34.2 Å². The molecule has 2 rings (SSSR count). The first kappa shape index (κ1) is 14.3. The summed E-state index contributed by atoms with van der Waals surface area (Å²) < 4.78 is 14.9. The van der Waals surface area contributed by atoms with Crippen LogP contribution in [0, 0.1) is 5.82 Å². The summed E-state index contributed by atoms with van der Waals surface area (Å²) in [6.45, 7) is 7.09. The van der Waals surface area contributed by atoms with Crippen LogP contribution in [0.5, 0.6) is 0 Å². The molecule has 1 aromatic heterocycles. The van der Waals surface area contributed by atoms with Gasteiger partial charge >= 0.3 is 0 Å². The van der Waals surface area contributed by atoms with Crippen molar-refractivity contribution < 1.29 is 4.39 Å². The Labute approximate surface area is 121 Å². The fourth-order valence-electron chi connectivity index (χ4n) is 1.98. The summed E-state index contributed by atoms with van der Waals surface area (Å²) >= 11 is 3.46. The maximum Gasteiger partial charge on any atom is 0.134 e. The molecule has 0 saturated heterocycles. The Morgan fingerprint density at radius 3 is 2.74 bits per heavy atom. The van der Waals surface area contributed by atoms with E-state index in [1.807, 2.05) is 6.07 Å². The largest absolute Gasteiger partial charge is 0.384 e. The van der Waals surface area contributed by atoms with Gasteiger partial charge in [0.2, 0.25) is 0 Å². The average molecular weight is 325 g/mol. The fourth-order valence-corrected chi connectivity index (χ4v) is 2.40. The van der Waals surface area contributed by atoms with Crippen molar-refractivity contribution in [1.29, 1.82) is 0 Å². The lowest BCUT2D eigenvalue weighted by atomic mass is 10.1. The maximum absolute atomic E-state index is 14.1. The Hall–Kier alpha value is -1.16. The van der Waals surface area contributed by atoms with Gasteiger partial charge in [0.15, 0.2) is 0 Å². The monoisotopic (exact) mass is 324 g/mol. The number of fused-ring (bicyclic) bond motifs is 1. The molecule has 0 aliphatic carbocycles. The highest BCUT2D eigenvalue weighted by Crippen LogP contribution is 2.32. The molecule has 102 valence electrons. The minimum Gasteiger partial charge on any atom is -0.384 e. The minimum absolute atomic E-state index is 0.236. The van der Waals surface area contributed by atoms with Gasteiger partial charge in [0.05, 0.1) is 10.9 Å². The summed E-state index contributed by atoms with van der Waals surface area (Å²) in [5, 5.41) is 3.86. The van der Waals surface area contributed by atoms with Crippen LogP contribution in [0.25, 0.3) is 10.9 Å². The smallest absolute Gasteiger partial charge is 0.134 e. The Morgan fingerprint density at radius 1 is 1.37 bits per heavy atom. The molecule has 0 unspecified atom stereocenters. The third-order valence-corrected chi connectivity index (χ3v) is 3.68. The van der Waals surface area contributed by atoms with Gasteiger partial charge in [-0.15, -0.1) is 0 Å². The first-order valence-corrected chi connectivity index (χ1v) is 7.36. The normalized spacial score (nSPS) is 11.3. The number of halogens is 2. The lowest BCUT2D eigenvalue weighted by Crippen LogP contribution is -2.04. The topological polar surface area (TPSA) is 24.9 Å². The Kier molecular flexibility index (Phi) is 4.40. The highest BCUT2D eigenvalue weighted by atomic mass is 79.9. The van der Waals surface area contributed by atoms with E-state index in [1.165, 1.54) is 6.07 Å². The quantitative estimate of drug-likeness (QED) is 0.848. The van der Waals surface area contributed by atoms with Crippen LogP contribution in [-0.4, -0.2) is 11.5 Å². The fraction of sp³-hybridized carbons (Fsp3) is 0.400. The number of hydrogen-bond acceptors (Lipinski definition) is 2. The molecule has 2 nitrogen and oxygen atoms in total. The van der Waals surface area contributed by atoms with Crippen molar-refractivity contribution in [1.82, 2.24) is 4.98 Å². The molecule has 0 amide bonds. The summed E-state index contributed by atoms with van der Waals surface area (Å²) in [4.78, 5) is 4.58. The number of aromatic nitrogens is 1. The highest BCUT2D eigenvalue weighted by molar-refractivity contribution is 9.10. The molecule has 0 spiro atoms. The van der Waals surface area contributed by atoms with Gasteiger partial charge in [-0.25, -0.2) is 4.39 Å². The number of hydrogen-bond donors (Lipinski definition) is 1. The van der Waals surface area contributed by atoms with Crippen LogP contribution >= 0.6 is 15.9 Å². The van der Waals surface area contributed by atoms with Gasteiger partial charge < -0.3 is 5.32 Å². The van der Waals surface area contributed by atoms with Crippen molar-refractivity contribution in [2.24, 2.45) is 0 Å². The number of pyridine rings is 1. The highest BCUT2D eigenvalue weighted by Gasteiger charge is 2.14. The van der Waals surface area contributed by atoms with Crippen molar-refractivity contribution in [3.63, 3.8) is 0 Å². The van der Waals surface area contributed by atoms with Gasteiger partial charge in [-0.2, -0.15) is 0 Å². The third kappa shape index (κ3) is 2.89. The second kappa shape index (κ2) is 5.87. The molecule has 0 bridgehead atoms. The SMILES string of the molecule is CCCNc1cc(C(C)C)nc2c(Br)ccc(F)c12. The molecule has 19 heavy (non-hydrogen) atoms. The molecule has 1 aromatic carbocycles. The lowest BCUT2D eigenvalue weighted by molar-refractivity contribution is 0.639. The van der Waals surface area contributed by atoms with E-state index in [-0.39, 0.29) is 5.82 Å². The van der Waals surface area contributed by atoms with Gasteiger partial charge in [-0.1, -0.05) is 20.8 Å². The predicted octanol–water partition coefficient (Wildman–Crippen LogP) is 5.08. The second-order valence-corrected chi connectivity index (χ2v) is 5.78. The molecule has 0 aliphatic heterocycles. The van der Waals surface area contributed by atoms with E-state index in [9.17, 15) is 4.39 Å². The van der Waals surface area contributed by atoms with Crippen LogP contribution < -0.4 is 5.32 Å². The summed E-state index contributed by atoms with van der Waals surface area (Å²) in [7, 11) is 0. The van der Waals surface area contributed by atoms with E-state index < -0.39 is 0 Å². The number of anilines is 1. The van der Waals surface area contributed by atoms with E-state index in [4.69, 9.17) is 0 Å². The van der Waals surface area contributed by atoms with Gasteiger partial charge in [-0.05, 0) is 46.5 Å². The Balaban J connectivity index is 2.70. The molecule has 1 heterocycles. The summed E-state index contributed by atoms with van der Waals surface area (Å²) in [5.74, 6) is 0.0707. The molecule has 0 aliphatic rings. The van der Waals surface area contributed by atoms with Crippen LogP contribution in [-0.2, 0) is 0 Å². The summed E-state index contributed by atoms with van der Waals surface area (Å²) in [6.07, 6.45) is 0.996. The van der Waals surface area contributed by atoms with Crippen molar-refractivity contribution in [3.8, 4) is 0 Å². The molecule has 2 aromatic rings. The van der Waals surface area contributed by atoms with Gasteiger partial charge in [0, 0.05) is 22.4 Å². The Bertz CT molecular complexity index is 596. The Morgan fingerprint density at radius 2 is 2.11 bits per heavy atom. The molecule has 0 fully saturated rings. The molecule has 0 atom stereocenters. The van der Waals surface area contributed by atoms with Crippen LogP contribution in [0.1, 0.15) is 38.8 Å². The zero-order chi connectivity index (χ0) is 14.0. The van der Waals surface area contributed by atoms with Crippen LogP contribution in [0.2, 0.25) is 0 Å². The molecular weight excluding hydrogens is 307 g/mol. The van der Waals surface area contributed by atoms with Crippen molar-refractivity contribution >= 4 is 32.5 Å². The maximum atomic E-state index is 14.1. The van der Waals surface area contributed by atoms with Crippen molar-refractivity contribution in [2.75, 3.05) is 11.9 Å². The lowest BCUT2D eigenvalue weighted by Gasteiger charge is -2.14. The van der Waals surface area contributed by atoms with E-state index in [0.29, 0.717) is 16.8 Å². The molecule has 0 radical (unpaired) electrons. The predicted molar refractivity (Wildman–Crippen MR) is 82.3 cm³/mol. The van der Waals surface area contributed by atoms with E-state index in [1.54, 1.807) is 6.07 Å². The second-order valence-electron chi connectivity index (χ2n) is 4.93. The van der Waals surface area contributed by atoms with Gasteiger partial charge in [-0.3, -0.25) is 4.98 Å². The van der Waals surface area contributed by atoms with Crippen LogP contribution in [0.15, 0.2) is 22.7 Å². The van der Waals surface area contributed by atoms with Gasteiger partial charge in [0.25, 0.3) is 0 Å². The summed E-state index contributed by atoms with van der Waals surface area (Å²) in [5.41, 5.74) is 2.48. The molecule has 4 heteroatoms. The standard InChI is InChI=1S/C15H18BrFN2/c1-4-7-18-13-8-12(9(2)3)19-15-10(16)5-6-11(17)14(13)15/h5-6,8-9H,4,7H2,1-3H3,(H,18,19). The van der Waals surface area contributed by atoms with Crippen molar-refractivity contribution in [2.45, 2.75) is 33.1 Å². The van der Waals surface area contributed by atoms with E-state index in [2.05, 4.69) is 47.0 Å². The number of rotatable bonds is 4. The van der Waals surface area contributed by atoms with E-state index in [0.717, 1.165) is 28.8 Å². The first-order valence-electron chi connectivity index (χ1n) is 6.57. The molecule has 0 saturated carbocycles. The number of nitrogens with one attached hydrogen (secondary N) is 1. The molecule has 1 N–H and O–H groups in total. The minimum atomic E-state index is -0.236. The summed E-state index contributed by atoms with van der Waals surface area (Å²) in [6, 6.07) is 5.14. The average Bonchev–Trinajstić information content (AvgIpc) is 2.39. The van der Waals surface area contributed by atoms with Gasteiger partial charge in [0.1, 0.15) is 5.82 Å². The number of nitrogens with zero attached hydrogens (tertiary/aromatic N) is 1. The molecular formula is C15H18BrFN2.